The number of aromatic nitrogens is 1. The van der Waals surface area contributed by atoms with Crippen LogP contribution in [0.4, 0.5) is 0 Å². The molecule has 3 aliphatic rings. The molecule has 1 aromatic heterocycles. The van der Waals surface area contributed by atoms with Gasteiger partial charge in [-0.3, -0.25) is 9.69 Å². The number of carbonyl (C=O) groups excluding carboxylic acids is 2. The van der Waals surface area contributed by atoms with Crippen LogP contribution in [0.25, 0.3) is 10.9 Å². The highest BCUT2D eigenvalue weighted by Crippen LogP contribution is 2.50. The van der Waals surface area contributed by atoms with Crippen molar-refractivity contribution in [3.8, 4) is 11.5 Å². The van der Waals surface area contributed by atoms with Gasteiger partial charge in [0, 0.05) is 42.9 Å². The lowest BCUT2D eigenvalue weighted by Gasteiger charge is -2.52. The molecular weight excluding hydrogens is 536 g/mol. The van der Waals surface area contributed by atoms with Crippen LogP contribution in [0.15, 0.2) is 30.3 Å². The lowest BCUT2D eigenvalue weighted by atomic mass is 9.63. The molecule has 42 heavy (non-hydrogen) atoms. The van der Waals surface area contributed by atoms with Crippen LogP contribution in [0.5, 0.6) is 11.5 Å². The van der Waals surface area contributed by atoms with Gasteiger partial charge in [0.1, 0.15) is 23.7 Å². The molecule has 6 atom stereocenters. The number of hydrogen-bond donors (Lipinski definition) is 1. The van der Waals surface area contributed by atoms with Gasteiger partial charge in [0.25, 0.3) is 0 Å². The van der Waals surface area contributed by atoms with Gasteiger partial charge in [-0.25, -0.2) is 4.79 Å². The van der Waals surface area contributed by atoms with Gasteiger partial charge in [0.2, 0.25) is 0 Å². The van der Waals surface area contributed by atoms with E-state index in [2.05, 4.69) is 16.0 Å². The van der Waals surface area contributed by atoms with Gasteiger partial charge in [0.05, 0.1) is 38.9 Å². The minimum absolute atomic E-state index is 0.0206. The zero-order valence-corrected chi connectivity index (χ0v) is 25.2. The van der Waals surface area contributed by atoms with E-state index >= 15 is 0 Å². The first kappa shape index (κ1) is 28.6. The van der Waals surface area contributed by atoms with Gasteiger partial charge >= 0.3 is 11.9 Å². The van der Waals surface area contributed by atoms with Crippen LogP contribution in [-0.2, 0) is 25.4 Å². The highest BCUT2D eigenvalue weighted by molar-refractivity contribution is 5.90. The Balaban J connectivity index is 1.30. The van der Waals surface area contributed by atoms with Crippen molar-refractivity contribution in [1.29, 1.82) is 0 Å². The van der Waals surface area contributed by atoms with Crippen molar-refractivity contribution in [2.24, 2.45) is 17.8 Å². The largest absolute Gasteiger partial charge is 0.497 e. The third-order valence-corrected chi connectivity index (χ3v) is 9.94. The maximum atomic E-state index is 13.4. The number of nitrogens with zero attached hydrogens (tertiary/aromatic N) is 1. The molecule has 1 saturated carbocycles. The fourth-order valence-corrected chi connectivity index (χ4v) is 7.72. The smallest absolute Gasteiger partial charge is 0.338 e. The van der Waals surface area contributed by atoms with Crippen LogP contribution in [-0.4, -0.2) is 75.6 Å². The first-order valence-corrected chi connectivity index (χ1v) is 14.7. The third-order valence-electron chi connectivity index (χ3n) is 9.94. The van der Waals surface area contributed by atoms with Gasteiger partial charge in [0.15, 0.2) is 0 Å². The highest BCUT2D eigenvalue weighted by Gasteiger charge is 2.54. The third kappa shape index (κ3) is 4.72. The summed E-state index contributed by atoms with van der Waals surface area (Å²) >= 11 is 0. The summed E-state index contributed by atoms with van der Waals surface area (Å²) in [4.78, 5) is 33.0. The summed E-state index contributed by atoms with van der Waals surface area (Å²) < 4.78 is 28.4. The first-order valence-electron chi connectivity index (χ1n) is 14.7. The summed E-state index contributed by atoms with van der Waals surface area (Å²) in [6, 6.07) is 9.87. The zero-order valence-electron chi connectivity index (χ0n) is 25.2. The number of nitrogens with one attached hydrogen (secondary N) is 1. The maximum absolute atomic E-state index is 13.4. The molecule has 0 bridgehead atoms. The van der Waals surface area contributed by atoms with Crippen LogP contribution in [0, 0.1) is 31.6 Å². The minimum atomic E-state index is -0.613. The van der Waals surface area contributed by atoms with Crippen molar-refractivity contribution in [2.75, 3.05) is 41.5 Å². The number of aromatic amines is 1. The molecule has 0 spiro atoms. The van der Waals surface area contributed by atoms with Gasteiger partial charge in [-0.2, -0.15) is 0 Å². The summed E-state index contributed by atoms with van der Waals surface area (Å²) in [6.07, 6.45) is 1.15. The van der Waals surface area contributed by atoms with Crippen molar-refractivity contribution in [3.63, 3.8) is 0 Å². The number of aryl methyl sites for hydroxylation is 1. The minimum Gasteiger partial charge on any atom is -0.497 e. The number of benzene rings is 2. The number of rotatable bonds is 6. The normalized spacial score (nSPS) is 27.0. The molecule has 2 aromatic carbocycles. The summed E-state index contributed by atoms with van der Waals surface area (Å²) in [5.74, 6) is 0.304. The average Bonchev–Trinajstić information content (AvgIpc) is 3.38. The molecule has 3 heterocycles. The molecule has 1 aliphatic carbocycles. The van der Waals surface area contributed by atoms with E-state index in [9.17, 15) is 9.59 Å². The summed E-state index contributed by atoms with van der Waals surface area (Å²) in [7, 11) is 6.27. The topological polar surface area (TPSA) is 99.3 Å². The molecular formula is C33H40N2O7. The molecule has 6 unspecified atom stereocenters. The molecule has 6 rings (SSSR count). The SMILES string of the molecule is COC(=O)C1C2CC3c4[nH]c5cc(OC)ccc5c4CCN3CC2CC(OC(=O)c2cc(C)c(C)c(OC)c2)C1OC. The Kier molecular flexibility index (Phi) is 7.66. The van der Waals surface area contributed by atoms with E-state index < -0.39 is 24.1 Å². The molecule has 224 valence electrons. The summed E-state index contributed by atoms with van der Waals surface area (Å²) in [5.41, 5.74) is 5.98. The van der Waals surface area contributed by atoms with Crippen LogP contribution >= 0.6 is 0 Å². The second-order valence-corrected chi connectivity index (χ2v) is 11.9. The van der Waals surface area contributed by atoms with Crippen LogP contribution in [0.2, 0.25) is 0 Å². The van der Waals surface area contributed by atoms with Crippen LogP contribution in [0.1, 0.15) is 51.6 Å². The lowest BCUT2D eigenvalue weighted by Crippen LogP contribution is -2.58. The second-order valence-electron chi connectivity index (χ2n) is 11.9. The van der Waals surface area contributed by atoms with Crippen LogP contribution < -0.4 is 9.47 Å². The molecule has 2 fully saturated rings. The van der Waals surface area contributed by atoms with Gasteiger partial charge in [-0.15, -0.1) is 0 Å². The van der Waals surface area contributed by atoms with Crippen molar-refractivity contribution in [1.82, 2.24) is 9.88 Å². The molecule has 9 heteroatoms. The lowest BCUT2D eigenvalue weighted by molar-refractivity contribution is -0.176. The highest BCUT2D eigenvalue weighted by atomic mass is 16.6. The van der Waals surface area contributed by atoms with Crippen molar-refractivity contribution in [2.45, 2.75) is 51.4 Å². The first-order chi connectivity index (χ1) is 20.3. The van der Waals surface area contributed by atoms with Crippen LogP contribution in [0.3, 0.4) is 0 Å². The Labute approximate surface area is 246 Å². The molecule has 1 N–H and O–H groups in total. The second kappa shape index (κ2) is 11.3. The van der Waals surface area contributed by atoms with E-state index in [-0.39, 0.29) is 23.8 Å². The van der Waals surface area contributed by atoms with Crippen molar-refractivity contribution in [3.05, 3.63) is 58.3 Å². The number of esters is 2. The summed E-state index contributed by atoms with van der Waals surface area (Å²) in [6.45, 7) is 5.64. The monoisotopic (exact) mass is 576 g/mol. The van der Waals surface area contributed by atoms with E-state index in [0.717, 1.165) is 48.3 Å². The van der Waals surface area contributed by atoms with Gasteiger partial charge < -0.3 is 28.7 Å². The number of carbonyl (C=O) groups is 2. The fourth-order valence-electron chi connectivity index (χ4n) is 7.72. The Morgan fingerprint density at radius 1 is 1.00 bits per heavy atom. The van der Waals surface area contributed by atoms with Crippen molar-refractivity contribution >= 4 is 22.8 Å². The number of piperidine rings is 1. The van der Waals surface area contributed by atoms with E-state index in [1.807, 2.05) is 32.0 Å². The predicted octanol–water partition coefficient (Wildman–Crippen LogP) is 4.77. The number of fused-ring (bicyclic) bond motifs is 6. The van der Waals surface area contributed by atoms with E-state index in [1.165, 1.54) is 23.8 Å². The number of ether oxygens (including phenoxy) is 5. The van der Waals surface area contributed by atoms with E-state index in [1.54, 1.807) is 27.4 Å². The molecule has 0 amide bonds. The molecule has 2 aliphatic heterocycles. The van der Waals surface area contributed by atoms with E-state index in [0.29, 0.717) is 17.7 Å². The van der Waals surface area contributed by atoms with Gasteiger partial charge in [-0.05, 0) is 85.9 Å². The Morgan fingerprint density at radius 2 is 1.81 bits per heavy atom. The Bertz CT molecular complexity index is 1510. The van der Waals surface area contributed by atoms with Gasteiger partial charge in [-0.1, -0.05) is 0 Å². The average molecular weight is 577 g/mol. The number of H-pyrrole nitrogens is 1. The molecule has 1 saturated heterocycles. The molecule has 9 nitrogen and oxygen atoms in total. The Hall–Kier alpha value is -3.56. The Morgan fingerprint density at radius 3 is 2.52 bits per heavy atom. The summed E-state index contributed by atoms with van der Waals surface area (Å²) in [5, 5.41) is 1.23. The maximum Gasteiger partial charge on any atom is 0.338 e. The molecule has 3 aromatic rings. The number of hydrogen-bond acceptors (Lipinski definition) is 8. The number of methoxy groups -OCH3 is 4. The quantitative estimate of drug-likeness (QED) is 0.419. The van der Waals surface area contributed by atoms with E-state index in [4.69, 9.17) is 23.7 Å². The fraction of sp³-hybridized carbons (Fsp3) is 0.515. The zero-order chi connectivity index (χ0) is 29.7. The predicted molar refractivity (Wildman–Crippen MR) is 157 cm³/mol. The van der Waals surface area contributed by atoms with Crippen molar-refractivity contribution < 1.29 is 33.3 Å². The molecule has 0 radical (unpaired) electrons. The standard InChI is InChI=1S/C33H40N2O7/c1-17-11-19(12-27(39-4)18(17)2)32(36)42-28-13-20-16-35-10-9-23-22-8-7-21(38-3)14-25(22)34-30(23)26(35)15-24(20)29(31(28)40-5)33(37)41-6/h7-8,11-12,14,20,24,26,28-29,31,34H,9-10,13,15-16H2,1-6H3.